The van der Waals surface area contributed by atoms with Gasteiger partial charge in [0.05, 0.1) is 20.8 Å². The van der Waals surface area contributed by atoms with Crippen molar-refractivity contribution in [1.29, 1.82) is 0 Å². The number of hydrogen-bond acceptors (Lipinski definition) is 4. The summed E-state index contributed by atoms with van der Waals surface area (Å²) in [5, 5.41) is 14.0. The Balaban J connectivity index is 1.64. The average molecular weight is 501 g/mol. The minimum Gasteiger partial charge on any atom is -0.463 e. The minimum atomic E-state index is -0.875. The normalized spacial score (nSPS) is 11.9. The zero-order valence-electron chi connectivity index (χ0n) is 18.1. The summed E-state index contributed by atoms with van der Waals surface area (Å²) < 4.78 is 5.91. The first-order valence-corrected chi connectivity index (χ1v) is 11.3. The lowest BCUT2D eigenvalue weighted by Gasteiger charge is -2.17. The second kappa shape index (κ2) is 9.56. The highest BCUT2D eigenvalue weighted by atomic mass is 35.5. The fourth-order valence-corrected chi connectivity index (χ4v) is 4.02. The van der Waals surface area contributed by atoms with Crippen molar-refractivity contribution in [3.8, 4) is 17.1 Å². The molecule has 5 nitrogen and oxygen atoms in total. The molecule has 1 aromatic heterocycles. The molecule has 0 saturated heterocycles. The summed E-state index contributed by atoms with van der Waals surface area (Å²) in [6.07, 6.45) is -0.875. The van der Waals surface area contributed by atoms with Gasteiger partial charge in [-0.25, -0.2) is 0 Å². The number of fused-ring (bicyclic) bond motifs is 1. The van der Waals surface area contributed by atoms with E-state index < -0.39 is 12.0 Å². The number of carbonyl (C=O) groups is 1. The van der Waals surface area contributed by atoms with Gasteiger partial charge in [0, 0.05) is 16.3 Å². The van der Waals surface area contributed by atoms with Gasteiger partial charge in [0.2, 0.25) is 5.88 Å². The topological polar surface area (TPSA) is 64.1 Å². The van der Waals surface area contributed by atoms with Crippen LogP contribution >= 0.6 is 34.8 Å². The van der Waals surface area contributed by atoms with Crippen LogP contribution in [-0.2, 0) is 4.79 Å². The van der Waals surface area contributed by atoms with Gasteiger partial charge < -0.3 is 10.1 Å². The fraction of sp³-hybridized carbons (Fsp3) is 0.160. The van der Waals surface area contributed by atoms with E-state index in [4.69, 9.17) is 39.5 Å². The summed E-state index contributed by atoms with van der Waals surface area (Å²) >= 11 is 18.2. The maximum Gasteiger partial charge on any atom is 0.265 e. The quantitative estimate of drug-likeness (QED) is 0.292. The molecule has 0 fully saturated rings. The van der Waals surface area contributed by atoms with Crippen LogP contribution in [-0.4, -0.2) is 22.2 Å². The smallest absolute Gasteiger partial charge is 0.265 e. The van der Waals surface area contributed by atoms with Crippen molar-refractivity contribution in [3.05, 3.63) is 80.8 Å². The molecule has 33 heavy (non-hydrogen) atoms. The van der Waals surface area contributed by atoms with Crippen LogP contribution in [0, 0.1) is 13.8 Å². The molecular weight excluding hydrogens is 481 g/mol. The number of hydrogen-bond donors (Lipinski definition) is 1. The molecule has 0 bridgehead atoms. The van der Waals surface area contributed by atoms with Gasteiger partial charge in [-0.15, -0.1) is 10.2 Å². The van der Waals surface area contributed by atoms with Crippen molar-refractivity contribution in [1.82, 2.24) is 10.2 Å². The average Bonchev–Trinajstić information content (AvgIpc) is 2.79. The molecule has 4 aromatic rings. The van der Waals surface area contributed by atoms with E-state index in [0.29, 0.717) is 10.7 Å². The predicted octanol–water partition coefficient (Wildman–Crippen LogP) is 7.28. The largest absolute Gasteiger partial charge is 0.463 e. The molecule has 0 radical (unpaired) electrons. The van der Waals surface area contributed by atoms with Crippen molar-refractivity contribution in [2.45, 2.75) is 26.9 Å². The van der Waals surface area contributed by atoms with Gasteiger partial charge in [0.15, 0.2) is 6.10 Å². The Labute approximate surface area is 206 Å². The van der Waals surface area contributed by atoms with Gasteiger partial charge in [-0.05, 0) is 50.6 Å². The Morgan fingerprint density at radius 1 is 0.909 bits per heavy atom. The molecule has 1 N–H and O–H groups in total. The number of aromatic nitrogens is 2. The first kappa shape index (κ1) is 23.3. The second-order valence-electron chi connectivity index (χ2n) is 7.71. The van der Waals surface area contributed by atoms with Gasteiger partial charge in [-0.3, -0.25) is 4.79 Å². The Kier molecular flexibility index (Phi) is 6.75. The SMILES string of the molecule is Cc1ccc(C)c(-c2nnc(O[C@@H](C)C(=O)Nc3cc(Cl)c(Cl)cc3Cl)c3ccccc23)c1. The molecule has 0 saturated carbocycles. The summed E-state index contributed by atoms with van der Waals surface area (Å²) in [5.41, 5.74) is 4.34. The standard InChI is InChI=1S/C25H20Cl3N3O2/c1-13-8-9-14(2)18(10-13)23-16-6-4-5-7-17(16)25(31-30-23)33-15(3)24(32)29-22-12-20(27)19(26)11-21(22)28/h4-12,15H,1-3H3,(H,29,32)/t15-/m0/s1. The highest BCUT2D eigenvalue weighted by Gasteiger charge is 2.20. The van der Waals surface area contributed by atoms with Crippen molar-refractivity contribution in [2.24, 2.45) is 0 Å². The third-order valence-electron chi connectivity index (χ3n) is 5.23. The number of benzene rings is 3. The molecule has 1 heterocycles. The van der Waals surface area contributed by atoms with Crippen LogP contribution < -0.4 is 10.1 Å². The molecule has 4 rings (SSSR count). The number of aryl methyl sites for hydroxylation is 2. The van der Waals surface area contributed by atoms with E-state index in [1.165, 1.54) is 12.1 Å². The minimum absolute atomic E-state index is 0.266. The number of nitrogens with one attached hydrogen (secondary N) is 1. The highest BCUT2D eigenvalue weighted by Crippen LogP contribution is 2.34. The lowest BCUT2D eigenvalue weighted by atomic mass is 9.99. The van der Waals surface area contributed by atoms with Crippen molar-refractivity contribution in [3.63, 3.8) is 0 Å². The highest BCUT2D eigenvalue weighted by molar-refractivity contribution is 6.44. The second-order valence-corrected chi connectivity index (χ2v) is 8.93. The Bertz CT molecular complexity index is 1370. The van der Waals surface area contributed by atoms with Crippen LogP contribution in [0.2, 0.25) is 15.1 Å². The summed E-state index contributed by atoms with van der Waals surface area (Å²) in [6, 6.07) is 16.9. The van der Waals surface area contributed by atoms with E-state index >= 15 is 0 Å². The van der Waals surface area contributed by atoms with Crippen LogP contribution in [0.3, 0.4) is 0 Å². The summed E-state index contributed by atoms with van der Waals surface area (Å²) in [7, 11) is 0. The molecule has 0 aliphatic heterocycles. The van der Waals surface area contributed by atoms with Crippen LogP contribution in [0.25, 0.3) is 22.0 Å². The van der Waals surface area contributed by atoms with Crippen molar-refractivity contribution >= 4 is 57.2 Å². The van der Waals surface area contributed by atoms with E-state index in [2.05, 4.69) is 33.7 Å². The monoisotopic (exact) mass is 499 g/mol. The molecule has 168 valence electrons. The molecular formula is C25H20Cl3N3O2. The van der Waals surface area contributed by atoms with Gasteiger partial charge in [0.1, 0.15) is 5.69 Å². The first-order chi connectivity index (χ1) is 15.7. The Morgan fingerprint density at radius 3 is 2.36 bits per heavy atom. The Hall–Kier alpha value is -2.86. The lowest BCUT2D eigenvalue weighted by Crippen LogP contribution is -2.30. The first-order valence-electron chi connectivity index (χ1n) is 10.2. The van der Waals surface area contributed by atoms with Crippen LogP contribution in [0.1, 0.15) is 18.1 Å². The van der Waals surface area contributed by atoms with E-state index in [0.717, 1.165) is 33.2 Å². The zero-order valence-corrected chi connectivity index (χ0v) is 20.4. The number of carbonyl (C=O) groups excluding carboxylic acids is 1. The number of anilines is 1. The molecule has 1 atom stereocenters. The molecule has 0 aliphatic carbocycles. The molecule has 0 unspecified atom stereocenters. The molecule has 3 aromatic carbocycles. The number of nitrogens with zero attached hydrogens (tertiary/aromatic N) is 2. The number of amides is 1. The van der Waals surface area contributed by atoms with Crippen molar-refractivity contribution < 1.29 is 9.53 Å². The summed E-state index contributed by atoms with van der Waals surface area (Å²) in [4.78, 5) is 12.8. The number of halogens is 3. The lowest BCUT2D eigenvalue weighted by molar-refractivity contribution is -0.122. The predicted molar refractivity (Wildman–Crippen MR) is 135 cm³/mol. The molecule has 0 aliphatic rings. The van der Waals surface area contributed by atoms with Crippen molar-refractivity contribution in [2.75, 3.05) is 5.32 Å². The molecule has 1 amide bonds. The number of rotatable bonds is 5. The molecule has 8 heteroatoms. The third-order valence-corrected chi connectivity index (χ3v) is 6.26. The number of ether oxygens (including phenoxy) is 1. The van der Waals surface area contributed by atoms with Gasteiger partial charge in [-0.2, -0.15) is 0 Å². The third kappa shape index (κ3) is 4.91. The maximum absolute atomic E-state index is 12.8. The molecule has 0 spiro atoms. The summed E-state index contributed by atoms with van der Waals surface area (Å²) in [5.74, 6) is -0.151. The zero-order chi connectivity index (χ0) is 23.7. The van der Waals surface area contributed by atoms with Gasteiger partial charge in [0.25, 0.3) is 5.91 Å². The van der Waals surface area contributed by atoms with Crippen LogP contribution in [0.15, 0.2) is 54.6 Å². The van der Waals surface area contributed by atoms with Gasteiger partial charge >= 0.3 is 0 Å². The van der Waals surface area contributed by atoms with Crippen LogP contribution in [0.4, 0.5) is 5.69 Å². The van der Waals surface area contributed by atoms with Gasteiger partial charge in [-0.1, -0.05) is 70.7 Å². The maximum atomic E-state index is 12.8. The van der Waals surface area contributed by atoms with E-state index in [-0.39, 0.29) is 15.9 Å². The van der Waals surface area contributed by atoms with Crippen LogP contribution in [0.5, 0.6) is 5.88 Å². The van der Waals surface area contributed by atoms with E-state index in [1.54, 1.807) is 6.92 Å². The Morgan fingerprint density at radius 2 is 1.61 bits per heavy atom. The summed E-state index contributed by atoms with van der Waals surface area (Å²) in [6.45, 7) is 5.70. The van der Waals surface area contributed by atoms with E-state index in [1.807, 2.05) is 38.1 Å². The fourth-order valence-electron chi connectivity index (χ4n) is 3.43. The van der Waals surface area contributed by atoms with E-state index in [9.17, 15) is 4.79 Å².